The molecular weight excluding hydrogens is 562 g/mol. The van der Waals surface area contributed by atoms with Gasteiger partial charge in [-0.3, -0.25) is 10.3 Å². The lowest BCUT2D eigenvalue weighted by molar-refractivity contribution is 0.824. The monoisotopic (exact) mass is 597 g/mol. The number of aromatic nitrogens is 1. The average molecular weight is 598 g/mol. The van der Waals surface area contributed by atoms with Crippen molar-refractivity contribution in [3.63, 3.8) is 0 Å². The summed E-state index contributed by atoms with van der Waals surface area (Å²) in [5, 5.41) is 24.1. The Kier molecular flexibility index (Phi) is 15.7. The minimum absolute atomic E-state index is 0. The lowest BCUT2D eigenvalue weighted by atomic mass is 10.2. The maximum Gasteiger partial charge on any atom is 0.205 e. The second-order valence-corrected chi connectivity index (χ2v) is 10.2. The summed E-state index contributed by atoms with van der Waals surface area (Å²) in [7, 11) is 0. The third-order valence-corrected chi connectivity index (χ3v) is 7.10. The zero-order chi connectivity index (χ0) is 27.5. The summed E-state index contributed by atoms with van der Waals surface area (Å²) in [6.07, 6.45) is 6.87. The summed E-state index contributed by atoms with van der Waals surface area (Å²) in [5.74, 6) is 2.66. The molecule has 0 aliphatic rings. The fourth-order valence-electron chi connectivity index (χ4n) is 3.35. The highest BCUT2D eigenvalue weighted by atomic mass is 35.5. The lowest BCUT2D eigenvalue weighted by Gasteiger charge is -2.07. The van der Waals surface area contributed by atoms with Crippen LogP contribution in [-0.4, -0.2) is 42.3 Å². The van der Waals surface area contributed by atoms with Gasteiger partial charge in [-0.1, -0.05) is 54.6 Å². The van der Waals surface area contributed by atoms with Crippen LogP contribution in [0.1, 0.15) is 30.2 Å². The van der Waals surface area contributed by atoms with Crippen LogP contribution in [0.5, 0.6) is 0 Å². The van der Waals surface area contributed by atoms with Crippen molar-refractivity contribution in [3.05, 3.63) is 82.9 Å². The first kappa shape index (κ1) is 32.5. The number of nitrogens with two attached hydrogens (primary N) is 1. The Balaban J connectivity index is 0.00000560. The second kappa shape index (κ2) is 19.4. The number of aliphatic imine (C=N–C) groups is 2. The van der Waals surface area contributed by atoms with Crippen LogP contribution >= 0.6 is 35.5 Å². The number of benzene rings is 2. The molecule has 0 amide bonds. The van der Waals surface area contributed by atoms with E-state index in [1.165, 1.54) is 16.9 Å². The van der Waals surface area contributed by atoms with Crippen LogP contribution in [0, 0.1) is 11.5 Å². The normalized spacial score (nSPS) is 11.5. The third kappa shape index (κ3) is 12.9. The molecular formula is C28H36ClN9S2. The summed E-state index contributed by atoms with van der Waals surface area (Å²) in [6.45, 7) is 4.54. The fourth-order valence-corrected chi connectivity index (χ4v) is 5.02. The van der Waals surface area contributed by atoms with Gasteiger partial charge in [0.05, 0.1) is 12.2 Å². The van der Waals surface area contributed by atoms with Gasteiger partial charge in [0.25, 0.3) is 0 Å². The van der Waals surface area contributed by atoms with E-state index in [-0.39, 0.29) is 12.4 Å². The first-order valence-electron chi connectivity index (χ1n) is 12.7. The van der Waals surface area contributed by atoms with Gasteiger partial charge in [0, 0.05) is 36.5 Å². The van der Waals surface area contributed by atoms with E-state index >= 15 is 0 Å². The maximum atomic E-state index is 9.03. The number of rotatable bonds is 14. The average Bonchev–Trinajstić information content (AvgIpc) is 3.39. The van der Waals surface area contributed by atoms with Crippen molar-refractivity contribution >= 4 is 64.3 Å². The third-order valence-electron chi connectivity index (χ3n) is 5.21. The number of nitriles is 1. The number of thiazole rings is 1. The van der Waals surface area contributed by atoms with Crippen LogP contribution in [0.25, 0.3) is 6.08 Å². The van der Waals surface area contributed by atoms with E-state index in [4.69, 9.17) is 11.0 Å². The molecule has 0 spiro atoms. The van der Waals surface area contributed by atoms with Crippen molar-refractivity contribution in [3.8, 4) is 6.19 Å². The Morgan fingerprint density at radius 2 is 1.95 bits per heavy atom. The van der Waals surface area contributed by atoms with Crippen LogP contribution in [0.15, 0.2) is 76.0 Å². The van der Waals surface area contributed by atoms with Crippen LogP contribution in [0.3, 0.4) is 0 Å². The summed E-state index contributed by atoms with van der Waals surface area (Å²) < 4.78 is 0. The number of anilines is 2. The quantitative estimate of drug-likeness (QED) is 0.0557. The molecule has 12 heteroatoms. The molecule has 0 unspecified atom stereocenters. The molecule has 0 bridgehead atoms. The number of hydrogen-bond acceptors (Lipinski definition) is 7. The summed E-state index contributed by atoms with van der Waals surface area (Å²) in [5.41, 5.74) is 10.2. The molecule has 0 radical (unpaired) electrons. The summed E-state index contributed by atoms with van der Waals surface area (Å²) in [6, 6.07) is 18.6. The number of thioether (sulfide) groups is 1. The van der Waals surface area contributed by atoms with Crippen molar-refractivity contribution < 1.29 is 0 Å². The van der Waals surface area contributed by atoms with E-state index in [0.29, 0.717) is 25.0 Å². The van der Waals surface area contributed by atoms with Crippen LogP contribution in [-0.2, 0) is 12.3 Å². The van der Waals surface area contributed by atoms with Gasteiger partial charge >= 0.3 is 0 Å². The summed E-state index contributed by atoms with van der Waals surface area (Å²) in [4.78, 5) is 13.1. The van der Waals surface area contributed by atoms with Gasteiger partial charge < -0.3 is 21.7 Å². The summed E-state index contributed by atoms with van der Waals surface area (Å²) >= 11 is 3.33. The number of nitrogens with one attached hydrogen (secondary N) is 4. The highest BCUT2D eigenvalue weighted by Crippen LogP contribution is 2.19. The Morgan fingerprint density at radius 1 is 1.15 bits per heavy atom. The van der Waals surface area contributed by atoms with Gasteiger partial charge in [-0.05, 0) is 42.4 Å². The molecule has 2 aromatic carbocycles. The topological polar surface area (TPSA) is 136 Å². The standard InChI is InChI=1S/C28H35N9S2.ClH/c1-2-31-26(30)37-28-36-25(20-39-28)19-38-17-7-16-33-27(35-21-29)32-15-6-10-22-11-13-24(14-12-22)34-18-23-8-4-3-5-9-23;/h3-6,8-14,20,34H,2,7,15-19H2,1H3,(H2,32,33,35)(H3,30,31,36,37);1H/b10-6+;. The minimum Gasteiger partial charge on any atom is -0.381 e. The van der Waals surface area contributed by atoms with E-state index < -0.39 is 0 Å². The highest BCUT2D eigenvalue weighted by molar-refractivity contribution is 7.98. The van der Waals surface area contributed by atoms with E-state index in [2.05, 4.69) is 72.6 Å². The molecule has 3 aromatic rings. The zero-order valence-corrected chi connectivity index (χ0v) is 24.9. The highest BCUT2D eigenvalue weighted by Gasteiger charge is 2.03. The molecule has 1 heterocycles. The van der Waals surface area contributed by atoms with Crippen molar-refractivity contribution in [2.75, 3.05) is 36.0 Å². The van der Waals surface area contributed by atoms with Crippen LogP contribution in [0.2, 0.25) is 0 Å². The largest absolute Gasteiger partial charge is 0.381 e. The first-order valence-corrected chi connectivity index (χ1v) is 14.8. The van der Waals surface area contributed by atoms with E-state index in [1.54, 1.807) is 0 Å². The van der Waals surface area contributed by atoms with E-state index in [1.807, 2.05) is 60.6 Å². The molecule has 0 aliphatic carbocycles. The second-order valence-electron chi connectivity index (χ2n) is 8.25. The molecule has 9 nitrogen and oxygen atoms in total. The fraction of sp³-hybridized carbons (Fsp3) is 0.286. The lowest BCUT2D eigenvalue weighted by Crippen LogP contribution is -2.35. The van der Waals surface area contributed by atoms with Gasteiger partial charge in [0.1, 0.15) is 0 Å². The molecule has 0 saturated heterocycles. The Morgan fingerprint density at radius 3 is 2.70 bits per heavy atom. The van der Waals surface area contributed by atoms with Gasteiger partial charge in [0.2, 0.25) is 5.96 Å². The minimum atomic E-state index is 0. The molecule has 0 atom stereocenters. The van der Waals surface area contributed by atoms with Gasteiger partial charge in [-0.15, -0.1) is 23.7 Å². The molecule has 40 heavy (non-hydrogen) atoms. The van der Waals surface area contributed by atoms with Crippen LogP contribution < -0.4 is 27.0 Å². The SMILES string of the molecule is CCN=C(N)Nc1nc(CSCCCNC(=NC/C=C/c2ccc(NCc3ccccc3)cc2)NC#N)cs1.Cl. The van der Waals surface area contributed by atoms with Gasteiger partial charge in [-0.25, -0.2) is 9.98 Å². The van der Waals surface area contributed by atoms with Crippen molar-refractivity contribution in [2.24, 2.45) is 15.7 Å². The van der Waals surface area contributed by atoms with E-state index in [0.717, 1.165) is 53.1 Å². The Bertz CT molecular complexity index is 1250. The smallest absolute Gasteiger partial charge is 0.205 e. The van der Waals surface area contributed by atoms with Gasteiger partial charge in [0.15, 0.2) is 17.3 Å². The first-order chi connectivity index (χ1) is 19.2. The molecule has 0 aliphatic heterocycles. The van der Waals surface area contributed by atoms with Crippen molar-refractivity contribution in [1.29, 1.82) is 5.26 Å². The predicted octanol–water partition coefficient (Wildman–Crippen LogP) is 5.28. The predicted molar refractivity (Wildman–Crippen MR) is 174 cm³/mol. The molecule has 3 rings (SSSR count). The maximum absolute atomic E-state index is 9.03. The van der Waals surface area contributed by atoms with E-state index in [9.17, 15) is 0 Å². The molecule has 0 fully saturated rings. The molecule has 212 valence electrons. The number of guanidine groups is 2. The van der Waals surface area contributed by atoms with Crippen LogP contribution in [0.4, 0.5) is 10.8 Å². The zero-order valence-electron chi connectivity index (χ0n) is 22.5. The number of hydrogen-bond donors (Lipinski definition) is 5. The van der Waals surface area contributed by atoms with Gasteiger partial charge in [-0.2, -0.15) is 17.0 Å². The molecule has 6 N–H and O–H groups in total. The molecule has 0 saturated carbocycles. The number of halogens is 1. The Labute approximate surface area is 250 Å². The van der Waals surface area contributed by atoms with Crippen molar-refractivity contribution in [2.45, 2.75) is 25.6 Å². The van der Waals surface area contributed by atoms with Crippen molar-refractivity contribution in [1.82, 2.24) is 15.6 Å². The number of nitrogens with zero attached hydrogens (tertiary/aromatic N) is 4. The molecule has 1 aromatic heterocycles. The Hall–Kier alpha value is -3.72.